The van der Waals surface area contributed by atoms with Crippen LogP contribution in [0.5, 0.6) is 0 Å². The summed E-state index contributed by atoms with van der Waals surface area (Å²) in [6.45, 7) is 11.3. The van der Waals surface area contributed by atoms with E-state index >= 15 is 0 Å². The quantitative estimate of drug-likeness (QED) is 0.665. The normalized spacial score (nSPS) is 34.5. The molecule has 1 nitrogen and oxygen atoms in total. The molecule has 0 aliphatic heterocycles. The van der Waals surface area contributed by atoms with Gasteiger partial charge in [0.25, 0.3) is 0 Å². The summed E-state index contributed by atoms with van der Waals surface area (Å²) in [7, 11) is 0. The lowest BCUT2D eigenvalue weighted by molar-refractivity contribution is 0.225. The van der Waals surface area contributed by atoms with Gasteiger partial charge in [-0.25, -0.2) is 0 Å². The molecule has 0 saturated heterocycles. The maximum Gasteiger partial charge on any atom is 0.0439 e. The largest absolute Gasteiger partial charge is 0.396 e. The van der Waals surface area contributed by atoms with Gasteiger partial charge in [0, 0.05) is 6.61 Å². The van der Waals surface area contributed by atoms with Gasteiger partial charge in [-0.1, -0.05) is 32.9 Å². The molecule has 1 rings (SSSR count). The van der Waals surface area contributed by atoms with E-state index in [9.17, 15) is 0 Å². The molecule has 2 atom stereocenters. The minimum Gasteiger partial charge on any atom is -0.396 e. The summed E-state index contributed by atoms with van der Waals surface area (Å²) in [6.07, 6.45) is 3.34. The molecule has 0 radical (unpaired) electrons. The molecule has 0 bridgehead atoms. The molecule has 0 aromatic rings. The van der Waals surface area contributed by atoms with Gasteiger partial charge < -0.3 is 5.11 Å². The highest BCUT2D eigenvalue weighted by Gasteiger charge is 2.39. The molecule has 1 fully saturated rings. The van der Waals surface area contributed by atoms with E-state index in [1.165, 1.54) is 18.4 Å². The van der Waals surface area contributed by atoms with Crippen LogP contribution in [-0.4, -0.2) is 11.7 Å². The van der Waals surface area contributed by atoms with E-state index in [0.29, 0.717) is 18.4 Å². The lowest BCUT2D eigenvalue weighted by Crippen LogP contribution is -2.18. The Morgan fingerprint density at radius 1 is 1.62 bits per heavy atom. The van der Waals surface area contributed by atoms with Crippen molar-refractivity contribution >= 4 is 0 Å². The zero-order chi connectivity index (χ0) is 10.1. The molecule has 76 valence electrons. The summed E-state index contributed by atoms with van der Waals surface area (Å²) in [6, 6.07) is 0. The van der Waals surface area contributed by atoms with Crippen LogP contribution in [0.4, 0.5) is 0 Å². The zero-order valence-corrected chi connectivity index (χ0v) is 9.14. The van der Waals surface area contributed by atoms with Gasteiger partial charge in [0.05, 0.1) is 0 Å². The molecular weight excluding hydrogens is 160 g/mol. The SMILES string of the molecule is C=C1[C@H](C(C)C)CC[C@@]1(C)CCO. The van der Waals surface area contributed by atoms with Gasteiger partial charge in [-0.05, 0) is 36.5 Å². The predicted molar refractivity (Wildman–Crippen MR) is 56.5 cm³/mol. The molecule has 0 spiro atoms. The molecule has 0 unspecified atom stereocenters. The average Bonchev–Trinajstić information content (AvgIpc) is 2.30. The average molecular weight is 182 g/mol. The van der Waals surface area contributed by atoms with Crippen molar-refractivity contribution in [3.63, 3.8) is 0 Å². The highest BCUT2D eigenvalue weighted by atomic mass is 16.3. The van der Waals surface area contributed by atoms with E-state index in [4.69, 9.17) is 5.11 Å². The van der Waals surface area contributed by atoms with Crippen LogP contribution in [0.15, 0.2) is 12.2 Å². The number of hydrogen-bond donors (Lipinski definition) is 1. The monoisotopic (exact) mass is 182 g/mol. The Morgan fingerprint density at radius 3 is 2.62 bits per heavy atom. The molecule has 1 saturated carbocycles. The highest BCUT2D eigenvalue weighted by molar-refractivity contribution is 5.18. The van der Waals surface area contributed by atoms with Crippen molar-refractivity contribution in [3.05, 3.63) is 12.2 Å². The first-order chi connectivity index (χ1) is 6.01. The Hall–Kier alpha value is -0.300. The van der Waals surface area contributed by atoms with Crippen molar-refractivity contribution in [3.8, 4) is 0 Å². The summed E-state index contributed by atoms with van der Waals surface area (Å²) in [5.74, 6) is 1.38. The minimum absolute atomic E-state index is 0.212. The van der Waals surface area contributed by atoms with Gasteiger partial charge in [0.2, 0.25) is 0 Å². The molecule has 0 amide bonds. The van der Waals surface area contributed by atoms with Crippen LogP contribution in [0.25, 0.3) is 0 Å². The summed E-state index contributed by atoms with van der Waals surface area (Å²) in [5, 5.41) is 8.99. The van der Waals surface area contributed by atoms with Crippen molar-refractivity contribution in [1.82, 2.24) is 0 Å². The number of aliphatic hydroxyl groups excluding tert-OH is 1. The van der Waals surface area contributed by atoms with E-state index in [1.54, 1.807) is 0 Å². The summed E-state index contributed by atoms with van der Waals surface area (Å²) >= 11 is 0. The van der Waals surface area contributed by atoms with Crippen LogP contribution in [0, 0.1) is 17.3 Å². The smallest absolute Gasteiger partial charge is 0.0439 e. The van der Waals surface area contributed by atoms with Crippen molar-refractivity contribution in [1.29, 1.82) is 0 Å². The van der Waals surface area contributed by atoms with Crippen LogP contribution in [-0.2, 0) is 0 Å². The molecule has 1 heteroatoms. The second-order valence-electron chi connectivity index (χ2n) is 4.95. The van der Waals surface area contributed by atoms with Gasteiger partial charge in [0.1, 0.15) is 0 Å². The van der Waals surface area contributed by atoms with Crippen LogP contribution < -0.4 is 0 Å². The third kappa shape index (κ3) is 1.96. The highest BCUT2D eigenvalue weighted by Crippen LogP contribution is 2.49. The Morgan fingerprint density at radius 2 is 2.23 bits per heavy atom. The van der Waals surface area contributed by atoms with Gasteiger partial charge >= 0.3 is 0 Å². The topological polar surface area (TPSA) is 20.2 Å². The third-order valence-corrected chi connectivity index (χ3v) is 3.70. The van der Waals surface area contributed by atoms with Crippen LogP contribution in [0.1, 0.15) is 40.0 Å². The lowest BCUT2D eigenvalue weighted by Gasteiger charge is -2.27. The minimum atomic E-state index is 0.212. The molecule has 1 aliphatic rings. The van der Waals surface area contributed by atoms with Gasteiger partial charge in [-0.3, -0.25) is 0 Å². The number of aliphatic hydroxyl groups is 1. The van der Waals surface area contributed by atoms with Crippen LogP contribution in [0.3, 0.4) is 0 Å². The molecule has 0 heterocycles. The van der Waals surface area contributed by atoms with Crippen molar-refractivity contribution < 1.29 is 5.11 Å². The Labute approximate surface area is 81.9 Å². The molecule has 0 aromatic carbocycles. The Bertz CT molecular complexity index is 195. The fourth-order valence-electron chi connectivity index (χ4n) is 2.52. The second-order valence-corrected chi connectivity index (χ2v) is 4.95. The van der Waals surface area contributed by atoms with E-state index in [1.807, 2.05) is 0 Å². The lowest BCUT2D eigenvalue weighted by atomic mass is 9.78. The zero-order valence-electron chi connectivity index (χ0n) is 9.14. The summed E-state index contributed by atoms with van der Waals surface area (Å²) in [4.78, 5) is 0. The van der Waals surface area contributed by atoms with E-state index in [0.717, 1.165) is 6.42 Å². The van der Waals surface area contributed by atoms with Gasteiger partial charge in [-0.15, -0.1) is 0 Å². The van der Waals surface area contributed by atoms with Crippen molar-refractivity contribution in [2.24, 2.45) is 17.3 Å². The van der Waals surface area contributed by atoms with Crippen molar-refractivity contribution in [2.75, 3.05) is 6.61 Å². The van der Waals surface area contributed by atoms with Crippen LogP contribution >= 0.6 is 0 Å². The third-order valence-electron chi connectivity index (χ3n) is 3.70. The summed E-state index contributed by atoms with van der Waals surface area (Å²) in [5.41, 5.74) is 1.58. The molecule has 1 N–H and O–H groups in total. The van der Waals surface area contributed by atoms with Crippen LogP contribution in [0.2, 0.25) is 0 Å². The second kappa shape index (κ2) is 3.83. The maximum atomic E-state index is 8.99. The first-order valence-electron chi connectivity index (χ1n) is 5.31. The molecular formula is C12H22O. The molecule has 0 aromatic heterocycles. The summed E-state index contributed by atoms with van der Waals surface area (Å²) < 4.78 is 0. The first-order valence-corrected chi connectivity index (χ1v) is 5.31. The first kappa shape index (κ1) is 10.8. The predicted octanol–water partition coefficient (Wildman–Crippen LogP) is 3.00. The van der Waals surface area contributed by atoms with Gasteiger partial charge in [-0.2, -0.15) is 0 Å². The van der Waals surface area contributed by atoms with Crippen molar-refractivity contribution in [2.45, 2.75) is 40.0 Å². The standard InChI is InChI=1S/C12H22O/c1-9(2)11-5-6-12(4,7-8-13)10(11)3/h9,11,13H,3,5-8H2,1-2,4H3/t11-,12-/m0/s1. The Kier molecular flexibility index (Phi) is 3.18. The maximum absolute atomic E-state index is 8.99. The number of rotatable bonds is 3. The molecule has 13 heavy (non-hydrogen) atoms. The van der Waals surface area contributed by atoms with Gasteiger partial charge in [0.15, 0.2) is 0 Å². The fraction of sp³-hybridized carbons (Fsp3) is 0.833. The van der Waals surface area contributed by atoms with E-state index in [-0.39, 0.29) is 5.41 Å². The number of allylic oxidation sites excluding steroid dienone is 1. The Balaban J connectivity index is 2.69. The fourth-order valence-corrected chi connectivity index (χ4v) is 2.52. The number of hydrogen-bond acceptors (Lipinski definition) is 1. The van der Waals surface area contributed by atoms with E-state index in [2.05, 4.69) is 27.4 Å². The molecule has 1 aliphatic carbocycles. The van der Waals surface area contributed by atoms with E-state index < -0.39 is 0 Å².